The summed E-state index contributed by atoms with van der Waals surface area (Å²) in [7, 11) is -3.39. The SMILES string of the molecule is CS(=O)(=O)c1cccc(C(=O)NCc2cn(Cc3ccccc3)nc2-c2ccccc2)c1. The van der Waals surface area contributed by atoms with Crippen LogP contribution in [0.4, 0.5) is 0 Å². The summed E-state index contributed by atoms with van der Waals surface area (Å²) < 4.78 is 25.5. The third-order valence-electron chi connectivity index (χ3n) is 5.04. The molecule has 162 valence electrons. The van der Waals surface area contributed by atoms with Crippen LogP contribution in [0.5, 0.6) is 0 Å². The summed E-state index contributed by atoms with van der Waals surface area (Å²) >= 11 is 0. The molecule has 6 nitrogen and oxygen atoms in total. The number of nitrogens with zero attached hydrogens (tertiary/aromatic N) is 2. The first-order valence-corrected chi connectivity index (χ1v) is 12.0. The minimum Gasteiger partial charge on any atom is -0.348 e. The third-order valence-corrected chi connectivity index (χ3v) is 6.15. The first kappa shape index (κ1) is 21.5. The van der Waals surface area contributed by atoms with Gasteiger partial charge in [-0.05, 0) is 23.8 Å². The Labute approximate surface area is 187 Å². The number of aromatic nitrogens is 2. The van der Waals surface area contributed by atoms with E-state index < -0.39 is 9.84 Å². The number of amides is 1. The lowest BCUT2D eigenvalue weighted by Crippen LogP contribution is -2.23. The predicted molar refractivity (Wildman–Crippen MR) is 124 cm³/mol. The number of sulfone groups is 1. The number of rotatable bonds is 7. The zero-order valence-electron chi connectivity index (χ0n) is 17.6. The van der Waals surface area contributed by atoms with Crippen molar-refractivity contribution in [1.29, 1.82) is 0 Å². The molecule has 0 saturated carbocycles. The van der Waals surface area contributed by atoms with Crippen LogP contribution in [0.3, 0.4) is 0 Å². The van der Waals surface area contributed by atoms with Crippen molar-refractivity contribution in [2.45, 2.75) is 18.0 Å². The fourth-order valence-electron chi connectivity index (χ4n) is 3.43. The lowest BCUT2D eigenvalue weighted by molar-refractivity contribution is 0.0950. The van der Waals surface area contributed by atoms with Crippen molar-refractivity contribution in [2.24, 2.45) is 0 Å². The summed E-state index contributed by atoms with van der Waals surface area (Å²) in [6.45, 7) is 0.881. The van der Waals surface area contributed by atoms with Gasteiger partial charge < -0.3 is 5.32 Å². The van der Waals surface area contributed by atoms with Gasteiger partial charge in [0.25, 0.3) is 5.91 Å². The van der Waals surface area contributed by atoms with Gasteiger partial charge in [0.2, 0.25) is 0 Å². The Morgan fingerprint density at radius 3 is 2.31 bits per heavy atom. The summed E-state index contributed by atoms with van der Waals surface area (Å²) in [5, 5.41) is 7.65. The summed E-state index contributed by atoms with van der Waals surface area (Å²) in [4.78, 5) is 12.8. The second-order valence-corrected chi connectivity index (χ2v) is 9.55. The van der Waals surface area contributed by atoms with Crippen molar-refractivity contribution in [3.8, 4) is 11.3 Å². The molecule has 0 spiro atoms. The van der Waals surface area contributed by atoms with Crippen LogP contribution < -0.4 is 5.32 Å². The van der Waals surface area contributed by atoms with Crippen molar-refractivity contribution in [3.05, 3.63) is 108 Å². The first-order chi connectivity index (χ1) is 15.4. The zero-order valence-corrected chi connectivity index (χ0v) is 18.4. The standard InChI is InChI=1S/C25H23N3O3S/c1-32(30,31)23-14-8-13-21(15-23)25(29)26-16-22-18-28(17-19-9-4-2-5-10-19)27-24(22)20-11-6-3-7-12-20/h2-15,18H,16-17H2,1H3,(H,26,29). The smallest absolute Gasteiger partial charge is 0.251 e. The van der Waals surface area contributed by atoms with Gasteiger partial charge in [0, 0.05) is 35.7 Å². The quantitative estimate of drug-likeness (QED) is 0.467. The van der Waals surface area contributed by atoms with E-state index >= 15 is 0 Å². The maximum absolute atomic E-state index is 12.7. The lowest BCUT2D eigenvalue weighted by atomic mass is 10.1. The zero-order chi connectivity index (χ0) is 22.6. The van der Waals surface area contributed by atoms with Crippen LogP contribution in [-0.4, -0.2) is 30.4 Å². The molecule has 4 aromatic rings. The van der Waals surface area contributed by atoms with Gasteiger partial charge in [0.1, 0.15) is 0 Å². The first-order valence-electron chi connectivity index (χ1n) is 10.1. The Bertz CT molecular complexity index is 1330. The Morgan fingerprint density at radius 1 is 0.938 bits per heavy atom. The molecular formula is C25H23N3O3S. The van der Waals surface area contributed by atoms with Gasteiger partial charge >= 0.3 is 0 Å². The average Bonchev–Trinajstić information content (AvgIpc) is 3.21. The minimum absolute atomic E-state index is 0.116. The molecule has 0 aliphatic carbocycles. The van der Waals surface area contributed by atoms with Gasteiger partial charge in [-0.15, -0.1) is 0 Å². The highest BCUT2D eigenvalue weighted by Gasteiger charge is 2.15. The Balaban J connectivity index is 1.58. The van der Waals surface area contributed by atoms with Crippen LogP contribution in [-0.2, 0) is 22.9 Å². The van der Waals surface area contributed by atoms with Gasteiger partial charge in [-0.2, -0.15) is 5.10 Å². The van der Waals surface area contributed by atoms with Gasteiger partial charge in [-0.25, -0.2) is 8.42 Å². The van der Waals surface area contributed by atoms with Crippen LogP contribution in [0.25, 0.3) is 11.3 Å². The summed E-state index contributed by atoms with van der Waals surface area (Å²) in [5.74, 6) is -0.342. The summed E-state index contributed by atoms with van der Waals surface area (Å²) in [6.07, 6.45) is 3.06. The topological polar surface area (TPSA) is 81.1 Å². The summed E-state index contributed by atoms with van der Waals surface area (Å²) in [5.41, 5.74) is 4.06. The van der Waals surface area contributed by atoms with Gasteiger partial charge in [-0.3, -0.25) is 9.48 Å². The van der Waals surface area contributed by atoms with E-state index in [1.54, 1.807) is 12.1 Å². The van der Waals surface area contributed by atoms with Crippen molar-refractivity contribution in [2.75, 3.05) is 6.26 Å². The molecule has 0 saturated heterocycles. The Morgan fingerprint density at radius 2 is 1.62 bits per heavy atom. The molecule has 0 aliphatic rings. The van der Waals surface area contributed by atoms with E-state index in [9.17, 15) is 13.2 Å². The van der Waals surface area contributed by atoms with E-state index in [1.165, 1.54) is 12.1 Å². The monoisotopic (exact) mass is 445 g/mol. The van der Waals surface area contributed by atoms with Crippen LogP contribution in [0.15, 0.2) is 96.0 Å². The van der Waals surface area contributed by atoms with E-state index in [4.69, 9.17) is 5.10 Å². The number of hydrogen-bond donors (Lipinski definition) is 1. The highest BCUT2D eigenvalue weighted by Crippen LogP contribution is 2.22. The molecule has 0 radical (unpaired) electrons. The van der Waals surface area contributed by atoms with Crippen molar-refractivity contribution >= 4 is 15.7 Å². The molecule has 7 heteroatoms. The molecular weight excluding hydrogens is 422 g/mol. The lowest BCUT2D eigenvalue weighted by Gasteiger charge is -2.07. The normalized spacial score (nSPS) is 11.3. The average molecular weight is 446 g/mol. The number of hydrogen-bond acceptors (Lipinski definition) is 4. The molecule has 1 amide bonds. The van der Waals surface area contributed by atoms with Crippen molar-refractivity contribution in [3.63, 3.8) is 0 Å². The number of benzene rings is 3. The molecule has 32 heavy (non-hydrogen) atoms. The molecule has 0 unspecified atom stereocenters. The molecule has 0 fully saturated rings. The maximum atomic E-state index is 12.7. The van der Waals surface area contributed by atoms with Gasteiger partial charge in [0.05, 0.1) is 17.1 Å². The molecule has 1 N–H and O–H groups in total. The Hall–Kier alpha value is -3.71. The van der Waals surface area contributed by atoms with E-state index in [-0.39, 0.29) is 17.3 Å². The van der Waals surface area contributed by atoms with Gasteiger partial charge in [-0.1, -0.05) is 66.7 Å². The fraction of sp³-hybridized carbons (Fsp3) is 0.120. The molecule has 0 aliphatic heterocycles. The second kappa shape index (κ2) is 9.20. The molecule has 1 heterocycles. The second-order valence-electron chi connectivity index (χ2n) is 7.53. The van der Waals surface area contributed by atoms with Crippen LogP contribution in [0.2, 0.25) is 0 Å². The van der Waals surface area contributed by atoms with Crippen molar-refractivity contribution < 1.29 is 13.2 Å². The maximum Gasteiger partial charge on any atom is 0.251 e. The van der Waals surface area contributed by atoms with Crippen LogP contribution in [0.1, 0.15) is 21.5 Å². The van der Waals surface area contributed by atoms with Gasteiger partial charge in [0.15, 0.2) is 9.84 Å². The molecule has 3 aromatic carbocycles. The van der Waals surface area contributed by atoms with E-state index in [0.717, 1.165) is 28.6 Å². The molecule has 0 bridgehead atoms. The van der Waals surface area contributed by atoms with E-state index in [0.29, 0.717) is 12.1 Å². The highest BCUT2D eigenvalue weighted by atomic mass is 32.2. The third kappa shape index (κ3) is 5.12. The number of carbonyl (C=O) groups excluding carboxylic acids is 1. The Kier molecular flexibility index (Phi) is 6.18. The van der Waals surface area contributed by atoms with Crippen molar-refractivity contribution in [1.82, 2.24) is 15.1 Å². The predicted octanol–water partition coefficient (Wildman–Crippen LogP) is 3.93. The minimum atomic E-state index is -3.39. The number of carbonyl (C=O) groups is 1. The molecule has 1 aromatic heterocycles. The highest BCUT2D eigenvalue weighted by molar-refractivity contribution is 7.90. The molecule has 0 atom stereocenters. The van der Waals surface area contributed by atoms with E-state index in [1.807, 2.05) is 71.5 Å². The largest absolute Gasteiger partial charge is 0.348 e. The molecule has 4 rings (SSSR count). The van der Waals surface area contributed by atoms with Crippen LogP contribution in [0, 0.1) is 0 Å². The summed E-state index contributed by atoms with van der Waals surface area (Å²) in [6, 6.07) is 25.9. The fourth-order valence-corrected chi connectivity index (χ4v) is 4.09. The number of nitrogens with one attached hydrogen (secondary N) is 1. The van der Waals surface area contributed by atoms with E-state index in [2.05, 4.69) is 5.32 Å². The van der Waals surface area contributed by atoms with Crippen LogP contribution >= 0.6 is 0 Å².